The van der Waals surface area contributed by atoms with Crippen LogP contribution in [0.3, 0.4) is 0 Å². The Balaban J connectivity index is 3.15. The Morgan fingerprint density at radius 1 is 1.10 bits per heavy atom. The molecule has 1 atom stereocenters. The van der Waals surface area contributed by atoms with Crippen molar-refractivity contribution in [2.45, 2.75) is 45.7 Å². The van der Waals surface area contributed by atoms with Gasteiger partial charge in [-0.3, -0.25) is 4.57 Å². The fourth-order valence-electron chi connectivity index (χ4n) is 1.61. The molecule has 4 nitrogen and oxygen atoms in total. The minimum absolute atomic E-state index is 0.213. The molecule has 1 unspecified atom stereocenters. The van der Waals surface area contributed by atoms with Crippen molar-refractivity contribution in [3.8, 4) is 0 Å². The fourth-order valence-corrected chi connectivity index (χ4v) is 4.22. The summed E-state index contributed by atoms with van der Waals surface area (Å²) in [5, 5.41) is 11.0. The van der Waals surface area contributed by atoms with Crippen LogP contribution in [0.25, 0.3) is 0 Å². The van der Waals surface area contributed by atoms with Crippen LogP contribution in [0, 0.1) is 0 Å². The zero-order valence-electron chi connectivity index (χ0n) is 11.8. The summed E-state index contributed by atoms with van der Waals surface area (Å²) in [6.07, 6.45) is -0.722. The van der Waals surface area contributed by atoms with Gasteiger partial charge in [-0.1, -0.05) is 29.3 Å². The van der Waals surface area contributed by atoms with E-state index in [2.05, 4.69) is 0 Å². The lowest BCUT2D eigenvalue weighted by Gasteiger charge is -2.27. The number of halogens is 2. The lowest BCUT2D eigenvalue weighted by molar-refractivity contribution is 0.101. The molecule has 0 aromatic heterocycles. The predicted molar refractivity (Wildman–Crippen MR) is 81.5 cm³/mol. The number of aliphatic hydroxyl groups excluding tert-OH is 1. The molecule has 0 aliphatic heterocycles. The largest absolute Gasteiger partial charge is 0.376 e. The van der Waals surface area contributed by atoms with E-state index in [-0.39, 0.29) is 22.8 Å². The fraction of sp³-hybridized carbons (Fsp3) is 0.538. The third-order valence-electron chi connectivity index (χ3n) is 2.26. The Labute approximate surface area is 129 Å². The average molecular weight is 341 g/mol. The molecule has 20 heavy (non-hydrogen) atoms. The molecule has 0 fully saturated rings. The first-order valence-electron chi connectivity index (χ1n) is 6.25. The van der Waals surface area contributed by atoms with Gasteiger partial charge in [-0.2, -0.15) is 0 Å². The summed E-state index contributed by atoms with van der Waals surface area (Å²) in [7, 11) is -3.76. The molecule has 1 N–H and O–H groups in total. The molecule has 1 rings (SSSR count). The summed E-state index contributed by atoms with van der Waals surface area (Å²) in [5.74, 6) is -1.46. The Bertz CT molecular complexity index is 491. The Morgan fingerprint density at radius 2 is 1.60 bits per heavy atom. The van der Waals surface area contributed by atoms with Gasteiger partial charge in [0, 0.05) is 15.6 Å². The second-order valence-electron chi connectivity index (χ2n) is 4.89. The van der Waals surface area contributed by atoms with Crippen molar-refractivity contribution >= 4 is 30.8 Å². The molecule has 0 saturated carbocycles. The Hall–Kier alpha value is -0.0900. The molecule has 1 aromatic carbocycles. The van der Waals surface area contributed by atoms with Crippen LogP contribution in [0.1, 0.15) is 39.1 Å². The first-order chi connectivity index (χ1) is 9.15. The van der Waals surface area contributed by atoms with Gasteiger partial charge in [-0.25, -0.2) is 0 Å². The molecule has 0 heterocycles. The third kappa shape index (κ3) is 4.73. The number of aliphatic hydroxyl groups is 1. The van der Waals surface area contributed by atoms with Crippen molar-refractivity contribution in [3.63, 3.8) is 0 Å². The van der Waals surface area contributed by atoms with Gasteiger partial charge in [0.1, 0.15) is 0 Å². The van der Waals surface area contributed by atoms with Crippen molar-refractivity contribution in [1.29, 1.82) is 0 Å². The van der Waals surface area contributed by atoms with E-state index >= 15 is 0 Å². The molecule has 0 aliphatic rings. The SMILES string of the molecule is CC(C)OP(=O)(OC(C)C)C(O)c1ccc(Cl)cc1Cl. The van der Waals surface area contributed by atoms with Crippen LogP contribution < -0.4 is 0 Å². The molecule has 0 spiro atoms. The second kappa shape index (κ2) is 7.26. The van der Waals surface area contributed by atoms with E-state index in [0.29, 0.717) is 5.02 Å². The van der Waals surface area contributed by atoms with Crippen LogP contribution in [0.5, 0.6) is 0 Å². The van der Waals surface area contributed by atoms with Crippen LogP contribution in [0.15, 0.2) is 18.2 Å². The Morgan fingerprint density at radius 3 is 2.00 bits per heavy atom. The summed E-state index contributed by atoms with van der Waals surface area (Å²) >= 11 is 11.8. The monoisotopic (exact) mass is 340 g/mol. The molecule has 0 aliphatic carbocycles. The quantitative estimate of drug-likeness (QED) is 0.738. The van der Waals surface area contributed by atoms with Gasteiger partial charge in [-0.15, -0.1) is 0 Å². The zero-order valence-corrected chi connectivity index (χ0v) is 14.2. The maximum Gasteiger partial charge on any atom is 0.363 e. The highest BCUT2D eigenvalue weighted by molar-refractivity contribution is 7.54. The summed E-state index contributed by atoms with van der Waals surface area (Å²) in [4.78, 5) is 0. The van der Waals surface area contributed by atoms with Crippen molar-refractivity contribution < 1.29 is 18.7 Å². The van der Waals surface area contributed by atoms with Gasteiger partial charge in [0.2, 0.25) is 0 Å². The van der Waals surface area contributed by atoms with Crippen LogP contribution in [0.2, 0.25) is 10.0 Å². The molecule has 7 heteroatoms. The maximum atomic E-state index is 12.8. The molecule has 1 aromatic rings. The van der Waals surface area contributed by atoms with Gasteiger partial charge < -0.3 is 14.2 Å². The van der Waals surface area contributed by atoms with Gasteiger partial charge in [0.25, 0.3) is 0 Å². The minimum atomic E-state index is -3.76. The molecule has 0 bridgehead atoms. The van der Waals surface area contributed by atoms with Crippen LogP contribution >= 0.6 is 30.8 Å². The molecule has 0 amide bonds. The van der Waals surface area contributed by atoms with Crippen molar-refractivity contribution in [2.75, 3.05) is 0 Å². The zero-order chi connectivity index (χ0) is 15.5. The van der Waals surface area contributed by atoms with Gasteiger partial charge in [0.05, 0.1) is 12.2 Å². The third-order valence-corrected chi connectivity index (χ3v) is 5.13. The van der Waals surface area contributed by atoms with E-state index in [0.717, 1.165) is 0 Å². The van der Waals surface area contributed by atoms with Crippen molar-refractivity contribution in [1.82, 2.24) is 0 Å². The molecule has 0 saturated heterocycles. The van der Waals surface area contributed by atoms with E-state index in [1.54, 1.807) is 33.8 Å². The van der Waals surface area contributed by atoms with Gasteiger partial charge in [-0.05, 0) is 39.8 Å². The summed E-state index contributed by atoms with van der Waals surface area (Å²) < 4.78 is 23.5. The number of benzene rings is 1. The second-order valence-corrected chi connectivity index (χ2v) is 7.72. The highest BCUT2D eigenvalue weighted by Gasteiger charge is 2.39. The summed E-state index contributed by atoms with van der Waals surface area (Å²) in [6, 6.07) is 4.53. The standard InChI is InChI=1S/C13H19Cl2O4P/c1-8(2)18-20(17,19-9(3)4)13(16)11-6-5-10(14)7-12(11)15/h5-9,13,16H,1-4H3. The highest BCUT2D eigenvalue weighted by Crippen LogP contribution is 2.62. The van der Waals surface area contributed by atoms with E-state index in [1.807, 2.05) is 0 Å². The van der Waals surface area contributed by atoms with Gasteiger partial charge >= 0.3 is 7.60 Å². The molecule has 114 valence electrons. The lowest BCUT2D eigenvalue weighted by Crippen LogP contribution is -2.13. The first kappa shape index (κ1) is 18.0. The molecular formula is C13H19Cl2O4P. The number of hydrogen-bond donors (Lipinski definition) is 1. The van der Waals surface area contributed by atoms with Crippen molar-refractivity contribution in [3.05, 3.63) is 33.8 Å². The van der Waals surface area contributed by atoms with E-state index in [9.17, 15) is 9.67 Å². The minimum Gasteiger partial charge on any atom is -0.376 e. The number of hydrogen-bond acceptors (Lipinski definition) is 4. The highest BCUT2D eigenvalue weighted by atomic mass is 35.5. The van der Waals surface area contributed by atoms with E-state index in [1.165, 1.54) is 12.1 Å². The lowest BCUT2D eigenvalue weighted by atomic mass is 10.2. The van der Waals surface area contributed by atoms with E-state index in [4.69, 9.17) is 32.2 Å². The van der Waals surface area contributed by atoms with E-state index < -0.39 is 13.4 Å². The summed E-state index contributed by atoms with van der Waals surface area (Å²) in [5.41, 5.74) is 0.265. The van der Waals surface area contributed by atoms with Crippen molar-refractivity contribution in [2.24, 2.45) is 0 Å². The molecule has 0 radical (unpaired) electrons. The maximum absolute atomic E-state index is 12.8. The van der Waals surface area contributed by atoms with Gasteiger partial charge in [0.15, 0.2) is 5.85 Å². The topological polar surface area (TPSA) is 55.8 Å². The summed E-state index contributed by atoms with van der Waals surface area (Å²) in [6.45, 7) is 6.86. The Kier molecular flexibility index (Phi) is 6.52. The number of rotatable bonds is 6. The van der Waals surface area contributed by atoms with Crippen LogP contribution in [0.4, 0.5) is 0 Å². The average Bonchev–Trinajstić information content (AvgIpc) is 2.25. The predicted octanol–water partition coefficient (Wildman–Crippen LogP) is 5.03. The first-order valence-corrected chi connectivity index (χ1v) is 8.62. The molecular weight excluding hydrogens is 322 g/mol. The van der Waals surface area contributed by atoms with Crippen LogP contribution in [-0.4, -0.2) is 17.3 Å². The normalized spacial score (nSPS) is 14.1. The smallest absolute Gasteiger partial charge is 0.363 e. The van der Waals surface area contributed by atoms with Crippen LogP contribution in [-0.2, 0) is 13.6 Å².